The molecule has 0 bridgehead atoms. The van der Waals surface area contributed by atoms with Crippen LogP contribution in [0, 0.1) is 29.9 Å². The summed E-state index contributed by atoms with van der Waals surface area (Å²) in [6, 6.07) is 12.1. The van der Waals surface area contributed by atoms with Crippen LogP contribution in [0.25, 0.3) is 0 Å². The number of anilines is 1. The lowest BCUT2D eigenvalue weighted by atomic mass is 9.74. The third-order valence-electron chi connectivity index (χ3n) is 5.50. The van der Waals surface area contributed by atoms with E-state index in [9.17, 15) is 10.1 Å². The summed E-state index contributed by atoms with van der Waals surface area (Å²) in [5.74, 6) is 0.644. The van der Waals surface area contributed by atoms with Gasteiger partial charge in [0.2, 0.25) is 0 Å². The Morgan fingerprint density at radius 1 is 1.21 bits per heavy atom. The molecule has 1 heterocycles. The lowest BCUT2D eigenvalue weighted by molar-refractivity contribution is -0.384. The van der Waals surface area contributed by atoms with Crippen molar-refractivity contribution in [2.45, 2.75) is 32.2 Å². The highest BCUT2D eigenvalue weighted by atomic mass is 16.6. The first-order chi connectivity index (χ1) is 11.6. The number of hydrogen-bond donors (Lipinski definition) is 1. The Bertz CT molecular complexity index is 842. The SMILES string of the molecule is Cc1cc([N+](=O)[O-])c2c(c1C)[C@@H]1C=CC[C@@H]1[C@@H](c1ccccc1)N2. The molecule has 0 spiro atoms. The number of nitro groups is 1. The quantitative estimate of drug-likeness (QED) is 0.479. The fourth-order valence-electron chi connectivity index (χ4n) is 4.21. The maximum Gasteiger partial charge on any atom is 0.292 e. The molecular weight excluding hydrogens is 300 g/mol. The third-order valence-corrected chi connectivity index (χ3v) is 5.50. The molecule has 2 aliphatic rings. The van der Waals surface area contributed by atoms with Gasteiger partial charge >= 0.3 is 0 Å². The van der Waals surface area contributed by atoms with E-state index < -0.39 is 0 Å². The zero-order valence-corrected chi connectivity index (χ0v) is 13.8. The van der Waals surface area contributed by atoms with Crippen LogP contribution in [0.1, 0.15) is 40.6 Å². The molecule has 2 aromatic rings. The van der Waals surface area contributed by atoms with E-state index in [-0.39, 0.29) is 22.6 Å². The van der Waals surface area contributed by atoms with E-state index in [1.54, 1.807) is 6.07 Å². The second kappa shape index (κ2) is 5.48. The molecule has 3 atom stereocenters. The second-order valence-corrected chi connectivity index (χ2v) is 6.77. The minimum Gasteiger partial charge on any atom is -0.372 e. The number of nitrogens with zero attached hydrogens (tertiary/aromatic N) is 1. The smallest absolute Gasteiger partial charge is 0.292 e. The van der Waals surface area contributed by atoms with Crippen LogP contribution < -0.4 is 5.32 Å². The van der Waals surface area contributed by atoms with Gasteiger partial charge in [-0.25, -0.2) is 0 Å². The number of allylic oxidation sites excluding steroid dienone is 2. The molecule has 122 valence electrons. The highest BCUT2D eigenvalue weighted by molar-refractivity contribution is 5.74. The minimum absolute atomic E-state index is 0.0968. The molecule has 1 N–H and O–H groups in total. The molecule has 4 rings (SSSR count). The normalized spacial score (nSPS) is 24.2. The molecular formula is C20H20N2O2. The highest BCUT2D eigenvalue weighted by Gasteiger charge is 2.41. The van der Waals surface area contributed by atoms with E-state index in [0.717, 1.165) is 23.1 Å². The topological polar surface area (TPSA) is 55.2 Å². The number of benzene rings is 2. The van der Waals surface area contributed by atoms with Crippen LogP contribution in [-0.2, 0) is 0 Å². The number of aryl methyl sites for hydroxylation is 1. The zero-order chi connectivity index (χ0) is 16.8. The molecule has 4 nitrogen and oxygen atoms in total. The lowest BCUT2D eigenvalue weighted by Gasteiger charge is -2.38. The van der Waals surface area contributed by atoms with Crippen LogP contribution in [0.15, 0.2) is 48.6 Å². The predicted molar refractivity (Wildman–Crippen MR) is 95.4 cm³/mol. The van der Waals surface area contributed by atoms with Crippen molar-refractivity contribution in [1.29, 1.82) is 0 Å². The predicted octanol–water partition coefficient (Wildman–Crippen LogP) is 5.04. The van der Waals surface area contributed by atoms with E-state index in [1.807, 2.05) is 25.1 Å². The Morgan fingerprint density at radius 3 is 2.67 bits per heavy atom. The fraction of sp³-hybridized carbons (Fsp3) is 0.300. The van der Waals surface area contributed by atoms with Gasteiger partial charge in [-0.1, -0.05) is 42.5 Å². The average Bonchev–Trinajstić information content (AvgIpc) is 3.07. The molecule has 1 aliphatic carbocycles. The summed E-state index contributed by atoms with van der Waals surface area (Å²) in [6.45, 7) is 4.03. The van der Waals surface area contributed by atoms with E-state index in [2.05, 4.69) is 36.5 Å². The molecule has 0 aromatic heterocycles. The molecule has 0 radical (unpaired) electrons. The Balaban J connectivity index is 1.92. The van der Waals surface area contributed by atoms with Gasteiger partial charge in [0.25, 0.3) is 5.69 Å². The fourth-order valence-corrected chi connectivity index (χ4v) is 4.21. The number of hydrogen-bond acceptors (Lipinski definition) is 3. The zero-order valence-electron chi connectivity index (χ0n) is 13.8. The second-order valence-electron chi connectivity index (χ2n) is 6.77. The van der Waals surface area contributed by atoms with Gasteiger partial charge in [-0.05, 0) is 48.4 Å². The standard InChI is InChI=1S/C20H20N2O2/c1-12-11-17(22(23)24)20-18(13(12)2)15-9-6-10-16(15)19(21-20)14-7-4-3-5-8-14/h3-9,11,15-16,19,21H,10H2,1-2H3/t15-,16+,19-/m1/s1. The van der Waals surface area contributed by atoms with Crippen LogP contribution >= 0.6 is 0 Å². The summed E-state index contributed by atoms with van der Waals surface area (Å²) in [4.78, 5) is 11.4. The monoisotopic (exact) mass is 320 g/mol. The van der Waals surface area contributed by atoms with Crippen molar-refractivity contribution < 1.29 is 4.92 Å². The summed E-state index contributed by atoms with van der Waals surface area (Å²) in [7, 11) is 0. The van der Waals surface area contributed by atoms with Crippen molar-refractivity contribution >= 4 is 11.4 Å². The van der Waals surface area contributed by atoms with Crippen molar-refractivity contribution in [2.24, 2.45) is 5.92 Å². The molecule has 0 saturated carbocycles. The molecule has 0 saturated heterocycles. The Hall–Kier alpha value is -2.62. The minimum atomic E-state index is -0.265. The molecule has 1 aliphatic heterocycles. The van der Waals surface area contributed by atoms with Gasteiger partial charge in [-0.2, -0.15) is 0 Å². The van der Waals surface area contributed by atoms with Gasteiger partial charge in [-0.15, -0.1) is 0 Å². The molecule has 4 heteroatoms. The number of rotatable bonds is 2. The molecule has 2 aromatic carbocycles. The molecule has 0 fully saturated rings. The van der Waals surface area contributed by atoms with Crippen LogP contribution in [-0.4, -0.2) is 4.92 Å². The number of nitro benzene ring substituents is 1. The number of fused-ring (bicyclic) bond motifs is 3. The van der Waals surface area contributed by atoms with E-state index >= 15 is 0 Å². The first kappa shape index (κ1) is 14.9. The molecule has 0 unspecified atom stereocenters. The number of nitrogens with one attached hydrogen (secondary N) is 1. The van der Waals surface area contributed by atoms with Crippen molar-refractivity contribution in [3.05, 3.63) is 80.9 Å². The van der Waals surface area contributed by atoms with Crippen LogP contribution in [0.3, 0.4) is 0 Å². The summed E-state index contributed by atoms with van der Waals surface area (Å²) in [5, 5.41) is 15.1. The van der Waals surface area contributed by atoms with E-state index in [4.69, 9.17) is 0 Å². The average molecular weight is 320 g/mol. The van der Waals surface area contributed by atoms with E-state index in [0.29, 0.717) is 11.6 Å². The first-order valence-electron chi connectivity index (χ1n) is 8.34. The van der Waals surface area contributed by atoms with Gasteiger partial charge in [-0.3, -0.25) is 10.1 Å². The van der Waals surface area contributed by atoms with Crippen LogP contribution in [0.4, 0.5) is 11.4 Å². The maximum atomic E-state index is 11.6. The highest BCUT2D eigenvalue weighted by Crippen LogP contribution is 2.53. The van der Waals surface area contributed by atoms with E-state index in [1.165, 1.54) is 5.56 Å². The van der Waals surface area contributed by atoms with Gasteiger partial charge < -0.3 is 5.32 Å². The largest absolute Gasteiger partial charge is 0.372 e. The van der Waals surface area contributed by atoms with Gasteiger partial charge in [0.05, 0.1) is 11.0 Å². The van der Waals surface area contributed by atoms with Gasteiger partial charge in [0.15, 0.2) is 0 Å². The van der Waals surface area contributed by atoms with Crippen LogP contribution in [0.5, 0.6) is 0 Å². The molecule has 0 amide bonds. The van der Waals surface area contributed by atoms with Crippen molar-refractivity contribution in [1.82, 2.24) is 0 Å². The lowest BCUT2D eigenvalue weighted by Crippen LogP contribution is -2.30. The van der Waals surface area contributed by atoms with Crippen LogP contribution in [0.2, 0.25) is 0 Å². The summed E-state index contributed by atoms with van der Waals surface area (Å²) in [5.41, 5.74) is 5.33. The summed E-state index contributed by atoms with van der Waals surface area (Å²) in [6.07, 6.45) is 5.45. The Morgan fingerprint density at radius 2 is 1.96 bits per heavy atom. The van der Waals surface area contributed by atoms with Gasteiger partial charge in [0, 0.05) is 12.0 Å². The Kier molecular flexibility index (Phi) is 3.41. The van der Waals surface area contributed by atoms with Crippen molar-refractivity contribution in [3.8, 4) is 0 Å². The Labute approximate surface area is 141 Å². The van der Waals surface area contributed by atoms with Gasteiger partial charge in [0.1, 0.15) is 5.69 Å². The summed E-state index contributed by atoms with van der Waals surface area (Å²) < 4.78 is 0. The first-order valence-corrected chi connectivity index (χ1v) is 8.34. The maximum absolute atomic E-state index is 11.6. The molecule has 24 heavy (non-hydrogen) atoms. The van der Waals surface area contributed by atoms with Crippen molar-refractivity contribution in [3.63, 3.8) is 0 Å². The third kappa shape index (κ3) is 2.13. The van der Waals surface area contributed by atoms with Crippen molar-refractivity contribution in [2.75, 3.05) is 5.32 Å². The summed E-state index contributed by atoms with van der Waals surface area (Å²) >= 11 is 0.